The highest BCUT2D eigenvalue weighted by Crippen LogP contribution is 2.70. The number of carbonyl (C=O) groups excluding carboxylic acids is 1. The van der Waals surface area contributed by atoms with Crippen LogP contribution < -0.4 is 25.2 Å². The number of nitrogens with one attached hydrogen (secondary N) is 2. The van der Waals surface area contributed by atoms with Gasteiger partial charge in [0.05, 0.1) is 11.0 Å². The van der Waals surface area contributed by atoms with Crippen LogP contribution in [-0.2, 0) is 10.0 Å². The molecular weight excluding hydrogens is 554 g/mol. The number of carbonyl (C=O) groups is 1. The van der Waals surface area contributed by atoms with Crippen LogP contribution in [0.15, 0.2) is 23.1 Å². The number of amides is 2. The fourth-order valence-electron chi connectivity index (χ4n) is 10.6. The number of fused-ring (bicyclic) bond motifs is 6. The lowest BCUT2D eigenvalue weighted by Crippen LogP contribution is -2.68. The quantitative estimate of drug-likeness (QED) is 0.367. The number of hydrogen-bond donors (Lipinski definition) is 4. The molecule has 0 radical (unpaired) electrons. The van der Waals surface area contributed by atoms with E-state index in [0.29, 0.717) is 47.6 Å². The molecule has 4 saturated carbocycles. The third-order valence-electron chi connectivity index (χ3n) is 12.9. The molecule has 10 heteroatoms. The van der Waals surface area contributed by atoms with E-state index in [4.69, 9.17) is 15.2 Å². The molecule has 42 heavy (non-hydrogen) atoms. The van der Waals surface area contributed by atoms with Crippen molar-refractivity contribution in [3.63, 3.8) is 0 Å². The standard InChI is InChI=1S/C32H49N3O6S/c1-5-20-14-26-24(30(3)11-8-21(36)15-25(20)30)9-12-31(4)23(10-13-32(26,31)33)19(2)17-34-29(37)35-42(38,39)22-6-7-27-28(16-22)41-18-40-27/h6-7,16,19-21,23-26,36H,5,8-15,17-18,33H2,1-4H3,(H2,34,35,37)/t19-,20+,21-,23?,24+,25+,26?,30-,31-,32-/m1/s1. The minimum atomic E-state index is -4.06. The van der Waals surface area contributed by atoms with Gasteiger partial charge in [-0.1, -0.05) is 34.1 Å². The molecule has 1 aliphatic heterocycles. The Balaban J connectivity index is 1.12. The highest BCUT2D eigenvalue weighted by atomic mass is 32.2. The van der Waals surface area contributed by atoms with Crippen LogP contribution >= 0.6 is 0 Å². The zero-order chi connectivity index (χ0) is 30.1. The van der Waals surface area contributed by atoms with Crippen LogP contribution in [0.25, 0.3) is 0 Å². The molecule has 1 aromatic carbocycles. The molecule has 234 valence electrons. The van der Waals surface area contributed by atoms with Gasteiger partial charge in [0.1, 0.15) is 0 Å². The zero-order valence-corrected chi connectivity index (χ0v) is 26.3. The van der Waals surface area contributed by atoms with Crippen molar-refractivity contribution in [1.29, 1.82) is 0 Å². The second-order valence-corrected chi connectivity index (χ2v) is 16.3. The summed E-state index contributed by atoms with van der Waals surface area (Å²) >= 11 is 0. The van der Waals surface area contributed by atoms with Crippen molar-refractivity contribution < 1.29 is 27.8 Å². The minimum Gasteiger partial charge on any atom is -0.454 e. The number of benzene rings is 1. The van der Waals surface area contributed by atoms with Gasteiger partial charge in [0.15, 0.2) is 11.5 Å². The molecule has 2 amide bonds. The van der Waals surface area contributed by atoms with Crippen LogP contribution in [0.5, 0.6) is 11.5 Å². The van der Waals surface area contributed by atoms with Gasteiger partial charge in [-0.15, -0.1) is 0 Å². The average molecular weight is 604 g/mol. The number of hydrogen-bond acceptors (Lipinski definition) is 7. The Bertz CT molecular complexity index is 1320. The van der Waals surface area contributed by atoms with Gasteiger partial charge < -0.3 is 25.6 Å². The van der Waals surface area contributed by atoms with Crippen molar-refractivity contribution in [2.24, 2.45) is 52.1 Å². The highest BCUT2D eigenvalue weighted by molar-refractivity contribution is 7.90. The first kappa shape index (κ1) is 30.0. The summed E-state index contributed by atoms with van der Waals surface area (Å²) < 4.78 is 38.4. The van der Waals surface area contributed by atoms with Crippen molar-refractivity contribution in [3.05, 3.63) is 18.2 Å². The monoisotopic (exact) mass is 603 g/mol. The third-order valence-corrected chi connectivity index (χ3v) is 14.2. The first-order chi connectivity index (χ1) is 19.8. The Morgan fingerprint density at radius 3 is 2.60 bits per heavy atom. The normalized spacial score (nSPS) is 41.3. The summed E-state index contributed by atoms with van der Waals surface area (Å²) in [6.07, 6.45) is 9.31. The number of sulfonamides is 1. The third kappa shape index (κ3) is 4.62. The Morgan fingerprint density at radius 1 is 1.07 bits per heavy atom. The SMILES string of the molecule is CC[C@H]1CC2[C@H](CC[C@]3(C)C([C@H](C)CNC(=O)NS(=O)(=O)c4ccc5c(c4)OCO5)CC[C@@]23N)[C@@]2(C)CC[C@@H](O)C[C@@H]12. The summed E-state index contributed by atoms with van der Waals surface area (Å²) in [5.41, 5.74) is 7.55. The molecule has 1 aromatic rings. The molecule has 10 atom stereocenters. The van der Waals surface area contributed by atoms with E-state index in [1.54, 1.807) is 0 Å². The fourth-order valence-corrected chi connectivity index (χ4v) is 11.5. The number of nitrogens with two attached hydrogens (primary N) is 1. The summed E-state index contributed by atoms with van der Waals surface area (Å²) in [6.45, 7) is 9.78. The van der Waals surface area contributed by atoms with E-state index in [1.807, 2.05) is 0 Å². The molecular formula is C32H49N3O6S. The summed E-state index contributed by atoms with van der Waals surface area (Å²) in [6, 6.07) is 3.55. The van der Waals surface area contributed by atoms with Crippen molar-refractivity contribution in [1.82, 2.24) is 10.0 Å². The number of urea groups is 1. The van der Waals surface area contributed by atoms with Crippen molar-refractivity contribution in [2.45, 2.75) is 102 Å². The van der Waals surface area contributed by atoms with E-state index in [2.05, 4.69) is 37.7 Å². The molecule has 0 spiro atoms. The van der Waals surface area contributed by atoms with E-state index < -0.39 is 16.1 Å². The second kappa shape index (κ2) is 10.5. The lowest BCUT2D eigenvalue weighted by Gasteiger charge is -2.66. The highest BCUT2D eigenvalue weighted by Gasteiger charge is 2.67. The maximum atomic E-state index is 12.9. The number of ether oxygens (including phenoxy) is 2. The second-order valence-electron chi connectivity index (χ2n) is 14.6. The number of aliphatic hydroxyl groups excluding tert-OH is 1. The molecule has 6 rings (SSSR count). The molecule has 9 nitrogen and oxygen atoms in total. The molecule has 4 fully saturated rings. The van der Waals surface area contributed by atoms with Crippen molar-refractivity contribution >= 4 is 16.1 Å². The van der Waals surface area contributed by atoms with E-state index >= 15 is 0 Å². The van der Waals surface area contributed by atoms with Gasteiger partial charge in [0.25, 0.3) is 10.0 Å². The maximum Gasteiger partial charge on any atom is 0.328 e. The maximum absolute atomic E-state index is 12.9. The van der Waals surface area contributed by atoms with E-state index in [-0.39, 0.29) is 40.1 Å². The Kier molecular flexibility index (Phi) is 7.53. The fraction of sp³-hybridized carbons (Fsp3) is 0.781. The molecule has 2 unspecified atom stereocenters. The van der Waals surface area contributed by atoms with Gasteiger partial charge in [-0.2, -0.15) is 0 Å². The van der Waals surface area contributed by atoms with E-state index in [9.17, 15) is 18.3 Å². The molecule has 0 bridgehead atoms. The first-order valence-electron chi connectivity index (χ1n) is 16.0. The van der Waals surface area contributed by atoms with Crippen LogP contribution in [0.2, 0.25) is 0 Å². The molecule has 5 aliphatic rings. The smallest absolute Gasteiger partial charge is 0.328 e. The Hall–Kier alpha value is -2.04. The van der Waals surface area contributed by atoms with Gasteiger partial charge in [-0.25, -0.2) is 17.9 Å². The zero-order valence-electron chi connectivity index (χ0n) is 25.5. The largest absolute Gasteiger partial charge is 0.454 e. The lowest BCUT2D eigenvalue weighted by atomic mass is 9.40. The Morgan fingerprint density at radius 2 is 1.83 bits per heavy atom. The topological polar surface area (TPSA) is 140 Å². The molecule has 1 heterocycles. The van der Waals surface area contributed by atoms with Gasteiger partial charge in [-0.05, 0) is 110 Å². The van der Waals surface area contributed by atoms with Crippen molar-refractivity contribution in [2.75, 3.05) is 13.3 Å². The van der Waals surface area contributed by atoms with Crippen LogP contribution in [-0.4, -0.2) is 44.5 Å². The lowest BCUT2D eigenvalue weighted by molar-refractivity contribution is -0.160. The Labute approximate surface area is 250 Å². The van der Waals surface area contributed by atoms with Crippen LogP contribution in [0.3, 0.4) is 0 Å². The summed E-state index contributed by atoms with van der Waals surface area (Å²) in [5, 5.41) is 13.4. The molecule has 4 aliphatic carbocycles. The molecule has 5 N–H and O–H groups in total. The van der Waals surface area contributed by atoms with Crippen LogP contribution in [0, 0.1) is 46.3 Å². The first-order valence-corrected chi connectivity index (χ1v) is 17.5. The summed E-state index contributed by atoms with van der Waals surface area (Å²) in [5.74, 6) is 3.55. The number of aliphatic hydroxyl groups is 1. The predicted molar refractivity (Wildman–Crippen MR) is 159 cm³/mol. The summed E-state index contributed by atoms with van der Waals surface area (Å²) in [7, 11) is -4.06. The van der Waals surface area contributed by atoms with Gasteiger partial charge in [0, 0.05) is 18.2 Å². The van der Waals surface area contributed by atoms with Gasteiger partial charge in [0.2, 0.25) is 6.79 Å². The summed E-state index contributed by atoms with van der Waals surface area (Å²) in [4.78, 5) is 12.7. The van der Waals surface area contributed by atoms with Crippen molar-refractivity contribution in [3.8, 4) is 11.5 Å². The van der Waals surface area contributed by atoms with E-state index in [0.717, 1.165) is 51.4 Å². The molecule has 0 saturated heterocycles. The van der Waals surface area contributed by atoms with Crippen LogP contribution in [0.1, 0.15) is 85.5 Å². The van der Waals surface area contributed by atoms with Gasteiger partial charge in [-0.3, -0.25) is 0 Å². The predicted octanol–water partition coefficient (Wildman–Crippen LogP) is 4.78. The van der Waals surface area contributed by atoms with Crippen LogP contribution in [0.4, 0.5) is 4.79 Å². The molecule has 0 aromatic heterocycles. The van der Waals surface area contributed by atoms with E-state index in [1.165, 1.54) is 24.6 Å². The van der Waals surface area contributed by atoms with Gasteiger partial charge >= 0.3 is 6.03 Å². The minimum absolute atomic E-state index is 0.0410. The number of rotatable bonds is 6. The average Bonchev–Trinajstić information content (AvgIpc) is 3.53.